The Morgan fingerprint density at radius 2 is 1.42 bits per heavy atom. The molecular formula is C18H33N5O8. The molecule has 3 amide bonds. The fraction of sp³-hybridized carbons (Fsp3) is 0.722. The van der Waals surface area contributed by atoms with Gasteiger partial charge >= 0.3 is 11.9 Å². The molecule has 0 saturated carbocycles. The standard InChI is InChI=1S/C18H33N5O8/c1-9(21-17(29)14(20)10(2)24)15(27)22-11(5-3-4-8-19)16(28)23-12(18(30)31)6-7-13(25)26/h9-12,14,24H,3-8,19-20H2,1-2H3,(H,21,29)(H,22,27)(H,23,28)(H,25,26)(H,30,31). The van der Waals surface area contributed by atoms with E-state index >= 15 is 0 Å². The lowest BCUT2D eigenvalue weighted by Crippen LogP contribution is -2.57. The Balaban J connectivity index is 5.15. The first kappa shape index (κ1) is 28.2. The summed E-state index contributed by atoms with van der Waals surface area (Å²) in [4.78, 5) is 58.9. The van der Waals surface area contributed by atoms with Crippen LogP contribution in [0, 0.1) is 0 Å². The van der Waals surface area contributed by atoms with Gasteiger partial charge in [-0.3, -0.25) is 19.2 Å². The highest BCUT2D eigenvalue weighted by atomic mass is 16.4. The molecule has 0 saturated heterocycles. The number of carboxylic acids is 2. The molecule has 0 aliphatic heterocycles. The van der Waals surface area contributed by atoms with Crippen LogP contribution in [0.5, 0.6) is 0 Å². The van der Waals surface area contributed by atoms with Gasteiger partial charge < -0.3 is 42.7 Å². The number of hydrogen-bond acceptors (Lipinski definition) is 8. The zero-order chi connectivity index (χ0) is 24.1. The molecule has 5 unspecified atom stereocenters. The number of aliphatic hydroxyl groups excluding tert-OH is 1. The molecule has 0 spiro atoms. The second kappa shape index (κ2) is 14.3. The number of rotatable bonds is 15. The average Bonchev–Trinajstić information content (AvgIpc) is 2.68. The number of carbonyl (C=O) groups excluding carboxylic acids is 3. The molecule has 178 valence electrons. The summed E-state index contributed by atoms with van der Waals surface area (Å²) >= 11 is 0. The Hall–Kier alpha value is -2.77. The molecule has 0 bridgehead atoms. The van der Waals surface area contributed by atoms with Crippen LogP contribution in [0.3, 0.4) is 0 Å². The predicted octanol–water partition coefficient (Wildman–Crippen LogP) is -2.75. The van der Waals surface area contributed by atoms with Gasteiger partial charge in [0.2, 0.25) is 17.7 Å². The highest BCUT2D eigenvalue weighted by Gasteiger charge is 2.29. The quantitative estimate of drug-likeness (QED) is 0.120. The minimum absolute atomic E-state index is 0.147. The van der Waals surface area contributed by atoms with Crippen molar-refractivity contribution in [3.63, 3.8) is 0 Å². The third-order valence-corrected chi connectivity index (χ3v) is 4.42. The first-order chi connectivity index (χ1) is 14.4. The third kappa shape index (κ3) is 11.3. The maximum atomic E-state index is 12.6. The molecular weight excluding hydrogens is 414 g/mol. The Morgan fingerprint density at radius 1 is 0.839 bits per heavy atom. The number of carboxylic acid groups (broad SMARTS) is 2. The summed E-state index contributed by atoms with van der Waals surface area (Å²) in [5, 5.41) is 34.3. The molecule has 13 heteroatoms. The van der Waals surface area contributed by atoms with Gasteiger partial charge in [0.05, 0.1) is 6.10 Å². The van der Waals surface area contributed by atoms with Crippen LogP contribution < -0.4 is 27.4 Å². The number of nitrogens with one attached hydrogen (secondary N) is 3. The van der Waals surface area contributed by atoms with Gasteiger partial charge in [0.25, 0.3) is 0 Å². The lowest BCUT2D eigenvalue weighted by molar-refractivity contribution is -0.143. The van der Waals surface area contributed by atoms with Crippen LogP contribution in [0.1, 0.15) is 46.0 Å². The maximum absolute atomic E-state index is 12.6. The molecule has 0 aromatic heterocycles. The number of hydrogen-bond donors (Lipinski definition) is 8. The van der Waals surface area contributed by atoms with Crippen molar-refractivity contribution in [1.29, 1.82) is 0 Å². The topological polar surface area (TPSA) is 234 Å². The smallest absolute Gasteiger partial charge is 0.326 e. The van der Waals surface area contributed by atoms with Crippen molar-refractivity contribution in [3.8, 4) is 0 Å². The van der Waals surface area contributed by atoms with E-state index in [9.17, 15) is 34.2 Å². The minimum Gasteiger partial charge on any atom is -0.481 e. The summed E-state index contributed by atoms with van der Waals surface area (Å²) in [7, 11) is 0. The van der Waals surface area contributed by atoms with E-state index in [1.807, 2.05) is 0 Å². The zero-order valence-corrected chi connectivity index (χ0v) is 17.7. The number of unbranched alkanes of at least 4 members (excludes halogenated alkanes) is 1. The molecule has 13 nitrogen and oxygen atoms in total. The Labute approximate surface area is 179 Å². The third-order valence-electron chi connectivity index (χ3n) is 4.42. The van der Waals surface area contributed by atoms with Gasteiger partial charge in [-0.2, -0.15) is 0 Å². The highest BCUT2D eigenvalue weighted by Crippen LogP contribution is 2.05. The largest absolute Gasteiger partial charge is 0.481 e. The molecule has 0 heterocycles. The Kier molecular flexibility index (Phi) is 13.0. The van der Waals surface area contributed by atoms with E-state index < -0.39 is 66.4 Å². The Morgan fingerprint density at radius 3 is 1.90 bits per heavy atom. The SMILES string of the molecule is CC(NC(=O)C(N)C(C)O)C(=O)NC(CCCCN)C(=O)NC(CCC(=O)O)C(=O)O. The molecule has 0 aliphatic rings. The normalized spacial score (nSPS) is 15.6. The van der Waals surface area contributed by atoms with Crippen molar-refractivity contribution < 1.29 is 39.3 Å². The minimum atomic E-state index is -1.45. The molecule has 0 aromatic rings. The molecule has 0 aliphatic carbocycles. The van der Waals surface area contributed by atoms with Crippen molar-refractivity contribution in [3.05, 3.63) is 0 Å². The monoisotopic (exact) mass is 447 g/mol. The fourth-order valence-corrected chi connectivity index (χ4v) is 2.45. The lowest BCUT2D eigenvalue weighted by atomic mass is 10.1. The van der Waals surface area contributed by atoms with E-state index in [4.69, 9.17) is 16.6 Å². The molecule has 0 aromatic carbocycles. The summed E-state index contributed by atoms with van der Waals surface area (Å²) in [6, 6.07) is -4.91. The van der Waals surface area contributed by atoms with Crippen molar-refractivity contribution in [1.82, 2.24) is 16.0 Å². The van der Waals surface area contributed by atoms with Crippen LogP contribution in [0.2, 0.25) is 0 Å². The highest BCUT2D eigenvalue weighted by molar-refractivity contribution is 5.94. The maximum Gasteiger partial charge on any atom is 0.326 e. The fourth-order valence-electron chi connectivity index (χ4n) is 2.45. The van der Waals surface area contributed by atoms with Crippen LogP contribution in [0.4, 0.5) is 0 Å². The van der Waals surface area contributed by atoms with Crippen LogP contribution in [0.15, 0.2) is 0 Å². The van der Waals surface area contributed by atoms with Gasteiger partial charge in [-0.15, -0.1) is 0 Å². The van der Waals surface area contributed by atoms with Crippen molar-refractivity contribution in [2.45, 2.75) is 76.2 Å². The number of aliphatic carboxylic acids is 2. The van der Waals surface area contributed by atoms with E-state index in [0.29, 0.717) is 19.4 Å². The van der Waals surface area contributed by atoms with Crippen LogP contribution in [-0.4, -0.2) is 81.8 Å². The van der Waals surface area contributed by atoms with Gasteiger partial charge in [-0.25, -0.2) is 4.79 Å². The molecule has 0 radical (unpaired) electrons. The van der Waals surface area contributed by atoms with E-state index in [-0.39, 0.29) is 12.8 Å². The van der Waals surface area contributed by atoms with Gasteiger partial charge in [-0.1, -0.05) is 0 Å². The van der Waals surface area contributed by atoms with Gasteiger partial charge in [0.1, 0.15) is 24.2 Å². The van der Waals surface area contributed by atoms with E-state index in [0.717, 1.165) is 0 Å². The molecule has 10 N–H and O–H groups in total. The average molecular weight is 447 g/mol. The second-order valence-corrected chi connectivity index (χ2v) is 7.17. The molecule has 5 atom stereocenters. The summed E-state index contributed by atoms with van der Waals surface area (Å²) in [5.41, 5.74) is 10.9. The summed E-state index contributed by atoms with van der Waals surface area (Å²) in [6.07, 6.45) is -0.777. The molecule has 0 fully saturated rings. The lowest BCUT2D eigenvalue weighted by Gasteiger charge is -2.24. The first-order valence-electron chi connectivity index (χ1n) is 9.90. The summed E-state index contributed by atoms with van der Waals surface area (Å²) in [5.74, 6) is -4.91. The number of amides is 3. The van der Waals surface area contributed by atoms with E-state index in [2.05, 4.69) is 16.0 Å². The summed E-state index contributed by atoms with van der Waals surface area (Å²) < 4.78 is 0. The Bertz CT molecular complexity index is 642. The predicted molar refractivity (Wildman–Crippen MR) is 109 cm³/mol. The summed E-state index contributed by atoms with van der Waals surface area (Å²) in [6.45, 7) is 3.02. The van der Waals surface area contributed by atoms with Crippen LogP contribution in [-0.2, 0) is 24.0 Å². The number of nitrogens with two attached hydrogens (primary N) is 2. The van der Waals surface area contributed by atoms with Crippen LogP contribution in [0.25, 0.3) is 0 Å². The van der Waals surface area contributed by atoms with E-state index in [1.165, 1.54) is 13.8 Å². The molecule has 31 heavy (non-hydrogen) atoms. The van der Waals surface area contributed by atoms with Crippen molar-refractivity contribution >= 4 is 29.7 Å². The second-order valence-electron chi connectivity index (χ2n) is 7.17. The zero-order valence-electron chi connectivity index (χ0n) is 17.7. The van der Waals surface area contributed by atoms with Crippen molar-refractivity contribution in [2.75, 3.05) is 6.54 Å². The first-order valence-corrected chi connectivity index (χ1v) is 9.90. The van der Waals surface area contributed by atoms with Gasteiger partial charge in [0.15, 0.2) is 0 Å². The van der Waals surface area contributed by atoms with Crippen molar-refractivity contribution in [2.24, 2.45) is 11.5 Å². The van der Waals surface area contributed by atoms with E-state index in [1.54, 1.807) is 0 Å². The number of carbonyl (C=O) groups is 5. The number of aliphatic hydroxyl groups is 1. The van der Waals surface area contributed by atoms with Crippen LogP contribution >= 0.6 is 0 Å². The molecule has 0 rings (SSSR count). The van der Waals surface area contributed by atoms with Gasteiger partial charge in [-0.05, 0) is 46.1 Å². The van der Waals surface area contributed by atoms with Gasteiger partial charge in [0, 0.05) is 6.42 Å².